The second-order valence-corrected chi connectivity index (χ2v) is 6.66. The maximum absolute atomic E-state index is 14.3. The van der Waals surface area contributed by atoms with Crippen LogP contribution >= 0.6 is 0 Å². The third-order valence-corrected chi connectivity index (χ3v) is 4.06. The van der Waals surface area contributed by atoms with Gasteiger partial charge in [0.25, 0.3) is 0 Å². The van der Waals surface area contributed by atoms with Gasteiger partial charge in [-0.05, 0) is 35.1 Å². The predicted molar refractivity (Wildman–Crippen MR) is 95.3 cm³/mol. The van der Waals surface area contributed by atoms with Gasteiger partial charge in [0.1, 0.15) is 0 Å². The van der Waals surface area contributed by atoms with Crippen LogP contribution in [0.5, 0.6) is 5.75 Å². The number of benzene rings is 1. The van der Waals surface area contributed by atoms with Crippen molar-refractivity contribution < 1.29 is 19.0 Å². The zero-order valence-electron chi connectivity index (χ0n) is 15.7. The van der Waals surface area contributed by atoms with Crippen molar-refractivity contribution in [2.75, 3.05) is 34.8 Å². The topological polar surface area (TPSA) is 57.9 Å². The number of ether oxygens (including phenoxy) is 1. The molecule has 1 aromatic carbocycles. The quantitative estimate of drug-likeness (QED) is 0.810. The molecule has 0 saturated carbocycles. The Hall–Kier alpha value is -2.12. The summed E-state index contributed by atoms with van der Waals surface area (Å²) in [7, 11) is 9.23. The average Bonchev–Trinajstić information content (AvgIpc) is 2.76. The van der Waals surface area contributed by atoms with E-state index in [0.717, 1.165) is 5.69 Å². The minimum absolute atomic E-state index is 0.243. The summed E-state index contributed by atoms with van der Waals surface area (Å²) in [6.45, 7) is 2.78. The Morgan fingerprint density at radius 3 is 2.36 bits per heavy atom. The molecule has 0 bridgehead atoms. The monoisotopic (exact) mass is 351 g/mol. The van der Waals surface area contributed by atoms with Crippen LogP contribution in [0, 0.1) is 5.82 Å². The first-order chi connectivity index (χ1) is 11.7. The number of aromatic hydroxyl groups is 1. The van der Waals surface area contributed by atoms with Crippen molar-refractivity contribution in [3.8, 4) is 5.75 Å². The van der Waals surface area contributed by atoms with E-state index >= 15 is 0 Å². The lowest BCUT2D eigenvalue weighted by Crippen LogP contribution is -2.17. The largest absolute Gasteiger partial charge is 0.505 e. The van der Waals surface area contributed by atoms with E-state index in [2.05, 4.69) is 0 Å². The molecule has 1 heterocycles. The molecule has 0 radical (unpaired) electrons. The van der Waals surface area contributed by atoms with Crippen LogP contribution in [0.4, 0.5) is 4.39 Å². The van der Waals surface area contributed by atoms with Gasteiger partial charge in [0, 0.05) is 42.8 Å². The molecular weight excluding hydrogens is 325 g/mol. The summed E-state index contributed by atoms with van der Waals surface area (Å²) in [5.74, 6) is -1.58. The molecule has 0 unspecified atom stereocenters. The number of aromatic nitrogens is 1. The molecule has 1 N–H and O–H groups in total. The van der Waals surface area contributed by atoms with Crippen molar-refractivity contribution >= 4 is 16.9 Å². The van der Waals surface area contributed by atoms with Gasteiger partial charge in [-0.1, -0.05) is 0 Å². The van der Waals surface area contributed by atoms with Gasteiger partial charge in [0.2, 0.25) is 0 Å². The summed E-state index contributed by atoms with van der Waals surface area (Å²) in [6, 6.07) is 1.27. The maximum Gasteiger partial charge on any atom is 0.340 e. The minimum Gasteiger partial charge on any atom is -0.505 e. The van der Waals surface area contributed by atoms with Gasteiger partial charge in [-0.15, -0.1) is 0 Å². The number of carbonyl (C=O) groups excluding carboxylic acids is 1. The van der Waals surface area contributed by atoms with Crippen LogP contribution in [0.25, 0.3) is 10.9 Å². The van der Waals surface area contributed by atoms with Crippen molar-refractivity contribution in [1.82, 2.24) is 14.4 Å². The Kier molecular flexibility index (Phi) is 5.69. The molecule has 2 aromatic rings. The van der Waals surface area contributed by atoms with E-state index in [0.29, 0.717) is 35.1 Å². The first-order valence-electron chi connectivity index (χ1n) is 8.17. The highest BCUT2D eigenvalue weighted by Crippen LogP contribution is 2.37. The number of carbonyl (C=O) groups is 1. The highest BCUT2D eigenvalue weighted by atomic mass is 19.1. The molecule has 0 amide bonds. The Morgan fingerprint density at radius 2 is 1.84 bits per heavy atom. The number of hydrogen-bond acceptors (Lipinski definition) is 5. The van der Waals surface area contributed by atoms with Crippen LogP contribution in [0.3, 0.4) is 0 Å². The maximum atomic E-state index is 14.3. The zero-order chi connectivity index (χ0) is 18.9. The number of nitrogens with zero attached hydrogens (tertiary/aromatic N) is 3. The number of fused-ring (bicyclic) bond motifs is 1. The number of hydrogen-bond donors (Lipinski definition) is 1. The van der Waals surface area contributed by atoms with Gasteiger partial charge in [-0.2, -0.15) is 0 Å². The van der Waals surface area contributed by atoms with Crippen molar-refractivity contribution in [3.63, 3.8) is 0 Å². The smallest absolute Gasteiger partial charge is 0.340 e. The third-order valence-electron chi connectivity index (χ3n) is 4.06. The third kappa shape index (κ3) is 3.62. The standard InChI is InChI=1S/C18H26FN3O3/c1-7-25-18(24)16-14(10-21(4)5)22(6)13-8-12(19)17(23)11(15(13)16)9-20(2)3/h8,23H,7,9-10H2,1-6H3. The van der Waals surface area contributed by atoms with Crippen molar-refractivity contribution in [1.29, 1.82) is 0 Å². The van der Waals surface area contributed by atoms with Crippen LogP contribution < -0.4 is 0 Å². The van der Waals surface area contributed by atoms with Crippen molar-refractivity contribution in [2.45, 2.75) is 20.0 Å². The molecule has 0 spiro atoms. The molecule has 138 valence electrons. The van der Waals surface area contributed by atoms with E-state index < -0.39 is 17.5 Å². The lowest BCUT2D eigenvalue weighted by molar-refractivity contribution is 0.0526. The minimum atomic E-state index is -0.697. The fourth-order valence-corrected chi connectivity index (χ4v) is 3.06. The number of esters is 1. The van der Waals surface area contributed by atoms with Gasteiger partial charge >= 0.3 is 5.97 Å². The second-order valence-electron chi connectivity index (χ2n) is 6.66. The summed E-state index contributed by atoms with van der Waals surface area (Å²) in [6.07, 6.45) is 0. The number of phenols is 1. The van der Waals surface area contributed by atoms with Crippen molar-refractivity contribution in [2.24, 2.45) is 7.05 Å². The molecule has 6 nitrogen and oxygen atoms in total. The van der Waals surface area contributed by atoms with Gasteiger partial charge in [0.15, 0.2) is 11.6 Å². The van der Waals surface area contributed by atoms with Crippen LogP contribution in [0.1, 0.15) is 28.5 Å². The average molecular weight is 351 g/mol. The zero-order valence-corrected chi connectivity index (χ0v) is 15.7. The molecular formula is C18H26FN3O3. The SMILES string of the molecule is CCOC(=O)c1c(CN(C)C)n(C)c2cc(F)c(O)c(CN(C)C)c12. The summed E-state index contributed by atoms with van der Waals surface area (Å²) >= 11 is 0. The van der Waals surface area contributed by atoms with Crippen LogP contribution in [0.2, 0.25) is 0 Å². The summed E-state index contributed by atoms with van der Waals surface area (Å²) < 4.78 is 21.3. The molecule has 0 aliphatic carbocycles. The molecule has 0 saturated heterocycles. The van der Waals surface area contributed by atoms with Crippen LogP contribution in [-0.2, 0) is 24.9 Å². The Labute approximate surface area is 147 Å². The first-order valence-corrected chi connectivity index (χ1v) is 8.17. The molecule has 2 rings (SSSR count). The fraction of sp³-hybridized carbons (Fsp3) is 0.500. The van der Waals surface area contributed by atoms with Gasteiger partial charge in [-0.3, -0.25) is 0 Å². The molecule has 0 aliphatic heterocycles. The highest BCUT2D eigenvalue weighted by molar-refractivity contribution is 6.08. The lowest BCUT2D eigenvalue weighted by Gasteiger charge is -2.14. The van der Waals surface area contributed by atoms with E-state index in [1.807, 2.05) is 38.0 Å². The molecule has 7 heteroatoms. The molecule has 0 atom stereocenters. The predicted octanol–water partition coefficient (Wildman–Crippen LogP) is 2.32. The summed E-state index contributed by atoms with van der Waals surface area (Å²) in [5.41, 5.74) is 2.07. The van der Waals surface area contributed by atoms with Crippen LogP contribution in [-0.4, -0.2) is 60.2 Å². The van der Waals surface area contributed by atoms with Gasteiger partial charge in [-0.25, -0.2) is 9.18 Å². The molecule has 0 fully saturated rings. The number of phenolic OH excluding ortho intramolecular Hbond substituents is 1. The number of halogens is 1. The van der Waals surface area contributed by atoms with Gasteiger partial charge in [0.05, 0.1) is 17.7 Å². The summed E-state index contributed by atoms with van der Waals surface area (Å²) in [5, 5.41) is 10.8. The lowest BCUT2D eigenvalue weighted by atomic mass is 10.0. The first kappa shape index (κ1) is 19.2. The number of rotatable bonds is 6. The Morgan fingerprint density at radius 1 is 1.24 bits per heavy atom. The molecule has 25 heavy (non-hydrogen) atoms. The van der Waals surface area contributed by atoms with Crippen LogP contribution in [0.15, 0.2) is 6.07 Å². The van der Waals surface area contributed by atoms with E-state index in [-0.39, 0.29) is 6.61 Å². The van der Waals surface area contributed by atoms with Gasteiger partial charge < -0.3 is 24.2 Å². The van der Waals surface area contributed by atoms with E-state index in [9.17, 15) is 14.3 Å². The second kappa shape index (κ2) is 7.41. The Bertz CT molecular complexity index is 797. The normalized spacial score (nSPS) is 11.7. The molecule has 1 aromatic heterocycles. The van der Waals surface area contributed by atoms with E-state index in [1.165, 1.54) is 6.07 Å². The Balaban J connectivity index is 2.90. The fourth-order valence-electron chi connectivity index (χ4n) is 3.06. The number of aryl methyl sites for hydroxylation is 1. The molecule has 0 aliphatic rings. The van der Waals surface area contributed by atoms with E-state index in [1.54, 1.807) is 18.5 Å². The summed E-state index contributed by atoms with van der Waals surface area (Å²) in [4.78, 5) is 16.4. The van der Waals surface area contributed by atoms with Crippen molar-refractivity contribution in [3.05, 3.63) is 28.7 Å². The van der Waals surface area contributed by atoms with E-state index in [4.69, 9.17) is 4.74 Å². The highest BCUT2D eigenvalue weighted by Gasteiger charge is 2.27.